The van der Waals surface area contributed by atoms with E-state index in [0.29, 0.717) is 32.2 Å². The number of nitrogens with one attached hydrogen (secondary N) is 2. The Morgan fingerprint density at radius 3 is 2.31 bits per heavy atom. The molecule has 8 nitrogen and oxygen atoms in total. The first-order chi connectivity index (χ1) is 24.6. The number of hydrogen-bond acceptors (Lipinski definition) is 6. The van der Waals surface area contributed by atoms with Crippen molar-refractivity contribution in [3.05, 3.63) is 83.7 Å². The molecule has 270 valence electrons. The zero-order valence-electron chi connectivity index (χ0n) is 29.8. The molecule has 4 atom stereocenters. The van der Waals surface area contributed by atoms with E-state index < -0.39 is 17.1 Å². The van der Waals surface area contributed by atoms with Gasteiger partial charge in [0.05, 0.1) is 30.1 Å². The second kappa shape index (κ2) is 14.3. The second-order valence-electron chi connectivity index (χ2n) is 15.8. The number of esters is 1. The number of ether oxygens (including phenoxy) is 3. The number of rotatable bonds is 11. The number of fused-ring (bicyclic) bond motifs is 3. The van der Waals surface area contributed by atoms with Crippen molar-refractivity contribution < 1.29 is 33.0 Å². The third-order valence-corrected chi connectivity index (χ3v) is 12.2. The fourth-order valence-corrected chi connectivity index (χ4v) is 8.59. The monoisotopic (exact) mass is 696 g/mol. The van der Waals surface area contributed by atoms with Gasteiger partial charge in [0, 0.05) is 18.7 Å². The number of methoxy groups -OCH3 is 1. The highest BCUT2D eigenvalue weighted by Crippen LogP contribution is 2.43. The van der Waals surface area contributed by atoms with Crippen LogP contribution in [0.15, 0.2) is 66.7 Å². The second-order valence-corrected chi connectivity index (χ2v) is 15.8. The number of halogens is 1. The summed E-state index contributed by atoms with van der Waals surface area (Å²) in [6, 6.07) is 16.2. The van der Waals surface area contributed by atoms with Gasteiger partial charge in [-0.3, -0.25) is 14.4 Å². The number of hydrogen-bond donors (Lipinski definition) is 2. The molecule has 2 N–H and O–H groups in total. The Bertz CT molecular complexity index is 1820. The summed E-state index contributed by atoms with van der Waals surface area (Å²) < 4.78 is 32.8. The molecule has 2 amide bonds. The van der Waals surface area contributed by atoms with E-state index in [9.17, 15) is 14.4 Å². The van der Waals surface area contributed by atoms with Crippen molar-refractivity contribution in [2.75, 3.05) is 13.7 Å². The lowest BCUT2D eigenvalue weighted by Gasteiger charge is -2.45. The van der Waals surface area contributed by atoms with Crippen molar-refractivity contribution in [1.29, 1.82) is 0 Å². The fourth-order valence-electron chi connectivity index (χ4n) is 8.59. The van der Waals surface area contributed by atoms with E-state index in [1.54, 1.807) is 0 Å². The Hall–Kier alpha value is -4.40. The molecule has 0 aromatic heterocycles. The maximum atomic E-state index is 15.4. The van der Waals surface area contributed by atoms with Crippen molar-refractivity contribution in [2.24, 2.45) is 28.6 Å². The van der Waals surface area contributed by atoms with Crippen LogP contribution in [-0.4, -0.2) is 43.6 Å². The SMILES string of the molecule is COc1cc(F)c(OC2CCC(C)(C(=O)OCc3cccc4ccccc34)CC2)cc1C(=O)N[C@H]1[C@@H](C(=O)NCC2(C)CCC2)[C@H]2C=C[C@@H]1CC2. The van der Waals surface area contributed by atoms with Crippen LogP contribution in [0.3, 0.4) is 0 Å². The van der Waals surface area contributed by atoms with Crippen molar-refractivity contribution in [1.82, 2.24) is 10.6 Å². The van der Waals surface area contributed by atoms with Gasteiger partial charge in [-0.2, -0.15) is 0 Å². The predicted octanol–water partition coefficient (Wildman–Crippen LogP) is 7.68. The van der Waals surface area contributed by atoms with E-state index in [0.717, 1.165) is 42.0 Å². The van der Waals surface area contributed by atoms with Crippen molar-refractivity contribution in [3.63, 3.8) is 0 Å². The molecule has 3 aromatic rings. The van der Waals surface area contributed by atoms with Gasteiger partial charge in [-0.1, -0.05) is 68.0 Å². The molecule has 5 aliphatic rings. The molecule has 51 heavy (non-hydrogen) atoms. The highest BCUT2D eigenvalue weighted by molar-refractivity contribution is 5.98. The topological polar surface area (TPSA) is 103 Å². The molecule has 8 rings (SSSR count). The molecule has 0 heterocycles. The molecule has 0 spiro atoms. The summed E-state index contributed by atoms with van der Waals surface area (Å²) in [6.45, 7) is 4.96. The van der Waals surface area contributed by atoms with Crippen LogP contribution in [0.2, 0.25) is 0 Å². The molecule has 5 aliphatic carbocycles. The van der Waals surface area contributed by atoms with Crippen LogP contribution < -0.4 is 20.1 Å². The average molecular weight is 697 g/mol. The summed E-state index contributed by atoms with van der Waals surface area (Å²) in [5, 5.41) is 8.50. The van der Waals surface area contributed by atoms with Gasteiger partial charge in [0.1, 0.15) is 12.4 Å². The Labute approximate surface area is 299 Å². The van der Waals surface area contributed by atoms with E-state index in [4.69, 9.17) is 14.2 Å². The molecular formula is C42H49FN2O6. The first kappa shape index (κ1) is 35.0. The molecular weight excluding hydrogens is 647 g/mol. The zero-order valence-corrected chi connectivity index (χ0v) is 29.8. The molecule has 3 saturated carbocycles. The lowest BCUT2D eigenvalue weighted by molar-refractivity contribution is -0.159. The van der Waals surface area contributed by atoms with Crippen LogP contribution in [0.25, 0.3) is 10.8 Å². The Kier molecular flexibility index (Phi) is 9.83. The van der Waals surface area contributed by atoms with Gasteiger partial charge in [-0.05, 0) is 97.9 Å². The van der Waals surface area contributed by atoms with Crippen LogP contribution in [0.4, 0.5) is 4.39 Å². The largest absolute Gasteiger partial charge is 0.496 e. The summed E-state index contributed by atoms with van der Waals surface area (Å²) in [5.41, 5.74) is 0.577. The van der Waals surface area contributed by atoms with Crippen LogP contribution in [0.1, 0.15) is 87.6 Å². The van der Waals surface area contributed by atoms with Crippen molar-refractivity contribution in [2.45, 2.75) is 90.4 Å². The standard InChI is InChI=1S/C42H49FN2O6/c1-41(18-7-19-41)25-44-39(47)36-27-12-14-28(15-13-27)37(36)45-38(46)32-22-35(33(43)23-34(32)49-3)51-30-16-20-42(2,21-17-30)40(48)50-24-29-10-6-9-26-8-4-5-11-31(26)29/h4-6,8-12,14,22-23,27-28,30,36-37H,7,13,15-21,24-25H2,1-3H3,(H,44,47)(H,45,46)/t27-,28+,30?,36-,37+,42?/m0/s1. The van der Waals surface area contributed by atoms with Gasteiger partial charge in [-0.25, -0.2) is 4.39 Å². The molecule has 0 radical (unpaired) electrons. The van der Waals surface area contributed by atoms with Gasteiger partial charge < -0.3 is 24.8 Å². The first-order valence-electron chi connectivity index (χ1n) is 18.5. The molecule has 2 bridgehead atoms. The van der Waals surface area contributed by atoms with Crippen LogP contribution in [-0.2, 0) is 20.9 Å². The van der Waals surface area contributed by atoms with Crippen molar-refractivity contribution in [3.8, 4) is 11.5 Å². The molecule has 0 unspecified atom stereocenters. The van der Waals surface area contributed by atoms with Crippen LogP contribution in [0.5, 0.6) is 11.5 Å². The first-order valence-corrected chi connectivity index (χ1v) is 18.5. The zero-order chi connectivity index (χ0) is 35.8. The molecule has 9 heteroatoms. The number of allylic oxidation sites excluding steroid dienone is 1. The van der Waals surface area contributed by atoms with Gasteiger partial charge in [-0.15, -0.1) is 0 Å². The number of benzene rings is 3. The Balaban J connectivity index is 0.988. The molecule has 3 aromatic carbocycles. The molecule has 0 saturated heterocycles. The highest BCUT2D eigenvalue weighted by atomic mass is 19.1. The minimum atomic E-state index is -0.680. The fraction of sp³-hybridized carbons (Fsp3) is 0.500. The normalized spacial score (nSPS) is 27.6. The maximum absolute atomic E-state index is 15.4. The van der Waals surface area contributed by atoms with Gasteiger partial charge in [0.2, 0.25) is 5.91 Å². The highest BCUT2D eigenvalue weighted by Gasteiger charge is 2.46. The molecule has 0 aliphatic heterocycles. The smallest absolute Gasteiger partial charge is 0.312 e. The summed E-state index contributed by atoms with van der Waals surface area (Å²) in [7, 11) is 1.40. The van der Waals surface area contributed by atoms with Crippen LogP contribution in [0, 0.1) is 34.4 Å². The third kappa shape index (κ3) is 7.22. The van der Waals surface area contributed by atoms with E-state index in [1.165, 1.54) is 25.7 Å². The predicted molar refractivity (Wildman–Crippen MR) is 193 cm³/mol. The summed E-state index contributed by atoms with van der Waals surface area (Å²) >= 11 is 0. The lowest BCUT2D eigenvalue weighted by atomic mass is 9.65. The molecule has 3 fully saturated rings. The minimum Gasteiger partial charge on any atom is -0.496 e. The van der Waals surface area contributed by atoms with E-state index >= 15 is 4.39 Å². The Morgan fingerprint density at radius 2 is 1.61 bits per heavy atom. The third-order valence-electron chi connectivity index (χ3n) is 12.2. The van der Waals surface area contributed by atoms with Gasteiger partial charge in [0.25, 0.3) is 5.91 Å². The lowest BCUT2D eigenvalue weighted by Crippen LogP contribution is -2.57. The average Bonchev–Trinajstić information content (AvgIpc) is 3.14. The van der Waals surface area contributed by atoms with E-state index in [1.807, 2.05) is 49.4 Å². The van der Waals surface area contributed by atoms with Gasteiger partial charge in [0.15, 0.2) is 11.6 Å². The van der Waals surface area contributed by atoms with Crippen LogP contribution >= 0.6 is 0 Å². The van der Waals surface area contributed by atoms with E-state index in [-0.39, 0.29) is 70.9 Å². The van der Waals surface area contributed by atoms with Gasteiger partial charge >= 0.3 is 5.97 Å². The quantitative estimate of drug-likeness (QED) is 0.158. The summed E-state index contributed by atoms with van der Waals surface area (Å²) in [5.74, 6) is -1.58. The number of amides is 2. The Morgan fingerprint density at radius 1 is 0.882 bits per heavy atom. The summed E-state index contributed by atoms with van der Waals surface area (Å²) in [6.07, 6.45) is 11.2. The summed E-state index contributed by atoms with van der Waals surface area (Å²) in [4.78, 5) is 40.7. The van der Waals surface area contributed by atoms with E-state index in [2.05, 4.69) is 29.7 Å². The minimum absolute atomic E-state index is 0.0238. The maximum Gasteiger partial charge on any atom is 0.312 e. The number of carbonyl (C=O) groups is 3. The van der Waals surface area contributed by atoms with Crippen molar-refractivity contribution >= 4 is 28.6 Å². The number of carbonyl (C=O) groups excluding carboxylic acids is 3.